The number of hydrogen-bond acceptors (Lipinski definition) is 1. The van der Waals surface area contributed by atoms with Gasteiger partial charge in [-0.1, -0.05) is 0 Å². The van der Waals surface area contributed by atoms with Crippen molar-refractivity contribution in [2.75, 3.05) is 0 Å². The van der Waals surface area contributed by atoms with E-state index in [-0.39, 0.29) is 51.5 Å². The van der Waals surface area contributed by atoms with Crippen LogP contribution < -0.4 is 0 Å². The maximum atomic E-state index is 8.36. The van der Waals surface area contributed by atoms with Gasteiger partial charge in [0.05, 0.1) is 0 Å². The van der Waals surface area contributed by atoms with Gasteiger partial charge in [0, 0.05) is 45.0 Å². The van der Waals surface area contributed by atoms with Gasteiger partial charge in [-0.15, -0.1) is 0 Å². The molecule has 0 aromatic carbocycles. The molecule has 2 nitrogen and oxygen atoms in total. The van der Waals surface area contributed by atoms with Crippen molar-refractivity contribution in [3.8, 4) is 0 Å². The summed E-state index contributed by atoms with van der Waals surface area (Å²) in [5.41, 5.74) is 0. The summed E-state index contributed by atoms with van der Waals surface area (Å²) in [7, 11) is 0. The zero-order valence-electron chi connectivity index (χ0n) is 2.14. The molecule has 0 rings (SSSR count). The molecule has 0 amide bonds. The normalized spacial score (nSPS) is 3.00. The van der Waals surface area contributed by atoms with Gasteiger partial charge in [0.15, 0.2) is 0 Å². The standard InChI is InChI=1S/CH2O2.Ra/c2-1-3;/h1H,(H,2,3);. The Balaban J connectivity index is 0. The Labute approximate surface area is 60.6 Å². The van der Waals surface area contributed by atoms with Crippen LogP contribution in [0, 0.1) is 45.0 Å². The van der Waals surface area contributed by atoms with Crippen LogP contribution in [0.1, 0.15) is 0 Å². The summed E-state index contributed by atoms with van der Waals surface area (Å²) >= 11 is 0. The third kappa shape index (κ3) is 12.5. The van der Waals surface area contributed by atoms with Crippen LogP contribution in [0.25, 0.3) is 0 Å². The first-order chi connectivity index (χ1) is 1.41. The quantitative estimate of drug-likeness (QED) is 0.615. The van der Waals surface area contributed by atoms with Gasteiger partial charge in [-0.05, 0) is 0 Å². The van der Waals surface area contributed by atoms with E-state index in [0.717, 1.165) is 0 Å². The molecule has 0 heterocycles. The van der Waals surface area contributed by atoms with Crippen LogP contribution >= 0.6 is 0 Å². The summed E-state index contributed by atoms with van der Waals surface area (Å²) in [5.74, 6) is 0. The van der Waals surface area contributed by atoms with Crippen molar-refractivity contribution in [2.45, 2.75) is 0 Å². The Morgan fingerprint density at radius 1 is 1.75 bits per heavy atom. The molecule has 0 saturated carbocycles. The molecule has 0 fully saturated rings. The molecule has 0 bridgehead atoms. The van der Waals surface area contributed by atoms with Crippen LogP contribution in [0.5, 0.6) is 0 Å². The van der Waals surface area contributed by atoms with E-state index in [2.05, 4.69) is 0 Å². The monoisotopic (exact) mass is 272 g/mol. The molecule has 0 aromatic rings. The van der Waals surface area contributed by atoms with E-state index in [1.54, 1.807) is 0 Å². The molecule has 0 aliphatic rings. The third-order valence-corrected chi connectivity index (χ3v) is 0. The van der Waals surface area contributed by atoms with Crippen LogP contribution in [0.2, 0.25) is 0 Å². The first-order valence-electron chi connectivity index (χ1n) is 0.494. The largest absolute Gasteiger partial charge is 0.483 e. The van der Waals surface area contributed by atoms with Crippen molar-refractivity contribution in [1.82, 2.24) is 0 Å². The average molecular weight is 272 g/mol. The average Bonchev–Trinajstić information content (AvgIpc) is 0.918. The summed E-state index contributed by atoms with van der Waals surface area (Å²) in [6, 6.07) is 0. The summed E-state index contributed by atoms with van der Waals surface area (Å²) in [4.78, 5) is 8.36. The van der Waals surface area contributed by atoms with E-state index in [1.807, 2.05) is 0 Å². The molecule has 0 saturated heterocycles. The molecule has 0 aromatic heterocycles. The second kappa shape index (κ2) is 9.05. The maximum absolute atomic E-state index is 8.36. The van der Waals surface area contributed by atoms with Gasteiger partial charge < -0.3 is 5.11 Å². The molecular weight excluding hydrogens is 270 g/mol. The predicted octanol–water partition coefficient (Wildman–Crippen LogP) is -0.299. The summed E-state index contributed by atoms with van der Waals surface area (Å²) < 4.78 is 0. The molecule has 0 aliphatic heterocycles. The number of rotatable bonds is 0. The van der Waals surface area contributed by atoms with Gasteiger partial charge in [-0.3, -0.25) is 4.79 Å². The fourth-order valence-corrected chi connectivity index (χ4v) is 0. The third-order valence-electron chi connectivity index (χ3n) is 0. The first-order valence-corrected chi connectivity index (χ1v) is 0.494. The second-order valence-electron chi connectivity index (χ2n) is 0.105. The number of carbonyl (C=O) groups is 1. The molecule has 0 atom stereocenters. The SMILES string of the molecule is O=CO.[Ra]. The molecule has 3 heteroatoms. The minimum atomic E-state index is -0.250. The Kier molecular flexibility index (Phi) is 20.1. The molecule has 1 N–H and O–H groups in total. The zero-order chi connectivity index (χ0) is 2.71. The van der Waals surface area contributed by atoms with Crippen molar-refractivity contribution in [2.24, 2.45) is 0 Å². The van der Waals surface area contributed by atoms with Gasteiger partial charge in [0.1, 0.15) is 0 Å². The maximum Gasteiger partial charge on any atom is 0.290 e. The molecular formula is CH2O2Ra. The van der Waals surface area contributed by atoms with Gasteiger partial charge in [0.2, 0.25) is 0 Å². The molecule has 0 spiro atoms. The second-order valence-corrected chi connectivity index (χ2v) is 0.105. The van der Waals surface area contributed by atoms with Crippen LogP contribution in [0.3, 0.4) is 0 Å². The van der Waals surface area contributed by atoms with Crippen molar-refractivity contribution >= 4 is 6.47 Å². The Hall–Kier alpha value is 0.938. The summed E-state index contributed by atoms with van der Waals surface area (Å²) in [5, 5.41) is 6.89. The van der Waals surface area contributed by atoms with Gasteiger partial charge in [-0.25, -0.2) is 0 Å². The van der Waals surface area contributed by atoms with Crippen LogP contribution in [-0.2, 0) is 4.79 Å². The minimum absolute atomic E-state index is 0. The predicted molar refractivity (Wildman–Crippen MR) is 8.69 cm³/mol. The van der Waals surface area contributed by atoms with E-state index in [9.17, 15) is 0 Å². The van der Waals surface area contributed by atoms with E-state index < -0.39 is 0 Å². The molecule has 20 valence electrons. The van der Waals surface area contributed by atoms with Crippen molar-refractivity contribution in [3.63, 3.8) is 0 Å². The van der Waals surface area contributed by atoms with Crippen molar-refractivity contribution < 1.29 is 54.9 Å². The van der Waals surface area contributed by atoms with Crippen molar-refractivity contribution in [3.05, 3.63) is 0 Å². The number of carboxylic acid groups (broad SMARTS) is 1. The van der Waals surface area contributed by atoms with Gasteiger partial charge >= 0.3 is 0 Å². The fourth-order valence-electron chi connectivity index (χ4n) is 0. The zero-order valence-corrected chi connectivity index (χ0v) is 7.95. The Morgan fingerprint density at radius 3 is 1.75 bits per heavy atom. The van der Waals surface area contributed by atoms with Crippen LogP contribution in [0.15, 0.2) is 0 Å². The van der Waals surface area contributed by atoms with Crippen LogP contribution in [0.4, 0.5) is 0 Å². The molecule has 2 radical (unpaired) electrons. The fraction of sp³-hybridized carbons (Fsp3) is 0. The van der Waals surface area contributed by atoms with E-state index in [4.69, 9.17) is 9.90 Å². The van der Waals surface area contributed by atoms with E-state index in [0.29, 0.717) is 0 Å². The summed E-state index contributed by atoms with van der Waals surface area (Å²) in [6.07, 6.45) is 0. The van der Waals surface area contributed by atoms with E-state index >= 15 is 0 Å². The van der Waals surface area contributed by atoms with Crippen LogP contribution in [-0.4, -0.2) is 11.6 Å². The summed E-state index contributed by atoms with van der Waals surface area (Å²) in [6.45, 7) is -0.250. The van der Waals surface area contributed by atoms with Gasteiger partial charge in [-0.2, -0.15) is 0 Å². The Bertz CT molecular complexity index is 13.5. The smallest absolute Gasteiger partial charge is 0.290 e. The van der Waals surface area contributed by atoms with E-state index in [1.165, 1.54) is 0 Å². The van der Waals surface area contributed by atoms with Gasteiger partial charge in [0.25, 0.3) is 6.47 Å². The number of hydrogen-bond donors (Lipinski definition) is 1. The van der Waals surface area contributed by atoms with Crippen molar-refractivity contribution in [1.29, 1.82) is 0 Å². The first kappa shape index (κ1) is 8.87. The molecule has 0 unspecified atom stereocenters. The molecule has 4 heavy (non-hydrogen) atoms. The molecule has 0 aliphatic carbocycles. The topological polar surface area (TPSA) is 37.3 Å². The Morgan fingerprint density at radius 2 is 1.75 bits per heavy atom. The minimum Gasteiger partial charge on any atom is -0.483 e.